The minimum atomic E-state index is -0.889. The summed E-state index contributed by atoms with van der Waals surface area (Å²) in [5, 5.41) is 2.58. The molecule has 0 heterocycles. The molecule has 0 bridgehead atoms. The Labute approximate surface area is 120 Å². The zero-order valence-electron chi connectivity index (χ0n) is 11.1. The van der Waals surface area contributed by atoms with Crippen molar-refractivity contribution in [2.45, 2.75) is 6.42 Å². The van der Waals surface area contributed by atoms with Crippen LogP contribution in [0.15, 0.2) is 42.5 Å². The van der Waals surface area contributed by atoms with Crippen LogP contribution in [0, 0.1) is 5.82 Å². The lowest BCUT2D eigenvalue weighted by Crippen LogP contribution is -2.17. The Hall–Kier alpha value is -2.89. The SMILES string of the molecule is NC(=O)c1cc(NC(=O)Cc2cccc(N)c2)ccc1F. The van der Waals surface area contributed by atoms with Gasteiger partial charge in [0.2, 0.25) is 5.91 Å². The van der Waals surface area contributed by atoms with Crippen LogP contribution in [0.3, 0.4) is 0 Å². The maximum absolute atomic E-state index is 13.3. The molecule has 0 fully saturated rings. The molecule has 2 aromatic rings. The molecule has 0 aliphatic rings. The summed E-state index contributed by atoms with van der Waals surface area (Å²) in [6.07, 6.45) is 0.119. The van der Waals surface area contributed by atoms with E-state index in [9.17, 15) is 14.0 Å². The number of rotatable bonds is 4. The van der Waals surface area contributed by atoms with Crippen molar-refractivity contribution in [3.8, 4) is 0 Å². The Morgan fingerprint density at radius 2 is 1.90 bits per heavy atom. The maximum Gasteiger partial charge on any atom is 0.251 e. The second kappa shape index (κ2) is 6.04. The second-order valence-electron chi connectivity index (χ2n) is 4.53. The van der Waals surface area contributed by atoms with Crippen molar-refractivity contribution in [2.75, 3.05) is 11.1 Å². The van der Waals surface area contributed by atoms with Crippen molar-refractivity contribution in [1.29, 1.82) is 0 Å². The van der Waals surface area contributed by atoms with E-state index in [0.717, 1.165) is 11.6 Å². The van der Waals surface area contributed by atoms with E-state index in [4.69, 9.17) is 11.5 Å². The average Bonchev–Trinajstić information content (AvgIpc) is 2.40. The van der Waals surface area contributed by atoms with E-state index in [0.29, 0.717) is 11.4 Å². The minimum Gasteiger partial charge on any atom is -0.399 e. The summed E-state index contributed by atoms with van der Waals surface area (Å²) < 4.78 is 13.3. The van der Waals surface area contributed by atoms with E-state index >= 15 is 0 Å². The van der Waals surface area contributed by atoms with Gasteiger partial charge in [-0.3, -0.25) is 9.59 Å². The Bertz CT molecular complexity index is 701. The topological polar surface area (TPSA) is 98.2 Å². The van der Waals surface area contributed by atoms with Gasteiger partial charge in [0.05, 0.1) is 12.0 Å². The fourth-order valence-corrected chi connectivity index (χ4v) is 1.89. The Balaban J connectivity index is 2.09. The quantitative estimate of drug-likeness (QED) is 0.746. The second-order valence-corrected chi connectivity index (χ2v) is 4.53. The lowest BCUT2D eigenvalue weighted by atomic mass is 10.1. The predicted molar refractivity (Wildman–Crippen MR) is 78.1 cm³/mol. The summed E-state index contributed by atoms with van der Waals surface area (Å²) >= 11 is 0. The van der Waals surface area contributed by atoms with Gasteiger partial charge in [-0.25, -0.2) is 4.39 Å². The van der Waals surface area contributed by atoms with E-state index in [1.165, 1.54) is 12.1 Å². The normalized spacial score (nSPS) is 10.1. The third-order valence-electron chi connectivity index (χ3n) is 2.83. The summed E-state index contributed by atoms with van der Waals surface area (Å²) in [6.45, 7) is 0. The summed E-state index contributed by atoms with van der Waals surface area (Å²) in [5.74, 6) is -1.92. The Morgan fingerprint density at radius 1 is 1.14 bits per heavy atom. The molecule has 2 amide bonds. The van der Waals surface area contributed by atoms with Gasteiger partial charge in [0, 0.05) is 11.4 Å². The van der Waals surface area contributed by atoms with Crippen LogP contribution in [-0.2, 0) is 11.2 Å². The van der Waals surface area contributed by atoms with Gasteiger partial charge in [0.1, 0.15) is 5.82 Å². The molecule has 5 nitrogen and oxygen atoms in total. The van der Waals surface area contributed by atoms with Crippen molar-refractivity contribution in [3.05, 3.63) is 59.4 Å². The molecule has 0 saturated carbocycles. The van der Waals surface area contributed by atoms with Crippen LogP contribution in [0.5, 0.6) is 0 Å². The number of hydrogen-bond donors (Lipinski definition) is 3. The van der Waals surface area contributed by atoms with E-state index in [2.05, 4.69) is 5.32 Å². The number of halogens is 1. The molecule has 6 heteroatoms. The molecule has 0 spiro atoms. The lowest BCUT2D eigenvalue weighted by Gasteiger charge is -2.07. The summed E-state index contributed by atoms with van der Waals surface area (Å²) in [4.78, 5) is 22.9. The molecule has 0 aliphatic carbocycles. The summed E-state index contributed by atoms with van der Waals surface area (Å²) in [6, 6.07) is 10.6. The largest absolute Gasteiger partial charge is 0.399 e. The number of nitrogens with two attached hydrogens (primary N) is 2. The highest BCUT2D eigenvalue weighted by molar-refractivity contribution is 5.97. The molecule has 108 valence electrons. The van der Waals surface area contributed by atoms with Gasteiger partial charge in [0.25, 0.3) is 5.91 Å². The maximum atomic E-state index is 13.3. The van der Waals surface area contributed by atoms with Gasteiger partial charge in [-0.05, 0) is 35.9 Å². The zero-order chi connectivity index (χ0) is 15.4. The summed E-state index contributed by atoms with van der Waals surface area (Å²) in [5.41, 5.74) is 12.0. The van der Waals surface area contributed by atoms with Crippen LogP contribution in [-0.4, -0.2) is 11.8 Å². The van der Waals surface area contributed by atoms with E-state index < -0.39 is 11.7 Å². The third-order valence-corrected chi connectivity index (χ3v) is 2.83. The number of benzene rings is 2. The lowest BCUT2D eigenvalue weighted by molar-refractivity contribution is -0.115. The highest BCUT2D eigenvalue weighted by atomic mass is 19.1. The van der Waals surface area contributed by atoms with Crippen LogP contribution in [0.1, 0.15) is 15.9 Å². The van der Waals surface area contributed by atoms with Crippen molar-refractivity contribution in [1.82, 2.24) is 0 Å². The van der Waals surface area contributed by atoms with Crippen LogP contribution in [0.4, 0.5) is 15.8 Å². The van der Waals surface area contributed by atoms with Crippen molar-refractivity contribution in [2.24, 2.45) is 5.73 Å². The first-order valence-corrected chi connectivity index (χ1v) is 6.19. The van der Waals surface area contributed by atoms with Crippen LogP contribution >= 0.6 is 0 Å². The number of nitrogen functional groups attached to an aromatic ring is 1. The fraction of sp³-hybridized carbons (Fsp3) is 0.0667. The average molecular weight is 287 g/mol. The highest BCUT2D eigenvalue weighted by Gasteiger charge is 2.11. The monoisotopic (exact) mass is 287 g/mol. The van der Waals surface area contributed by atoms with Crippen LogP contribution in [0.2, 0.25) is 0 Å². The highest BCUT2D eigenvalue weighted by Crippen LogP contribution is 2.15. The predicted octanol–water partition coefficient (Wildman–Crippen LogP) is 1.69. The number of carbonyl (C=O) groups is 2. The Kier molecular flexibility index (Phi) is 4.18. The van der Waals surface area contributed by atoms with Gasteiger partial charge in [-0.2, -0.15) is 0 Å². The Morgan fingerprint density at radius 3 is 2.57 bits per heavy atom. The number of hydrogen-bond acceptors (Lipinski definition) is 3. The van der Waals surface area contributed by atoms with Gasteiger partial charge < -0.3 is 16.8 Å². The molecule has 0 radical (unpaired) electrons. The number of nitrogens with one attached hydrogen (secondary N) is 1. The molecular formula is C15H14FN3O2. The fourth-order valence-electron chi connectivity index (χ4n) is 1.89. The molecule has 0 saturated heterocycles. The third kappa shape index (κ3) is 3.79. The van der Waals surface area contributed by atoms with E-state index in [-0.39, 0.29) is 17.9 Å². The first-order chi connectivity index (χ1) is 9.95. The standard InChI is InChI=1S/C15H14FN3O2/c16-13-5-4-11(8-12(13)15(18)21)19-14(20)7-9-2-1-3-10(17)6-9/h1-6,8H,7,17H2,(H2,18,21)(H,19,20). The van der Waals surface area contributed by atoms with Crippen molar-refractivity contribution < 1.29 is 14.0 Å². The van der Waals surface area contributed by atoms with E-state index in [1.54, 1.807) is 24.3 Å². The van der Waals surface area contributed by atoms with Crippen molar-refractivity contribution >= 4 is 23.2 Å². The molecular weight excluding hydrogens is 273 g/mol. The van der Waals surface area contributed by atoms with Gasteiger partial charge in [-0.15, -0.1) is 0 Å². The van der Waals surface area contributed by atoms with Crippen molar-refractivity contribution in [3.63, 3.8) is 0 Å². The van der Waals surface area contributed by atoms with Gasteiger partial charge in [0.15, 0.2) is 0 Å². The molecule has 2 aromatic carbocycles. The zero-order valence-corrected chi connectivity index (χ0v) is 11.1. The minimum absolute atomic E-state index is 0.119. The number of primary amides is 1. The molecule has 0 aliphatic heterocycles. The van der Waals surface area contributed by atoms with Gasteiger partial charge >= 0.3 is 0 Å². The molecule has 2 rings (SSSR count). The van der Waals surface area contributed by atoms with Crippen LogP contribution < -0.4 is 16.8 Å². The molecule has 0 atom stereocenters. The summed E-state index contributed by atoms with van der Waals surface area (Å²) in [7, 11) is 0. The molecule has 0 aromatic heterocycles. The van der Waals surface area contributed by atoms with Crippen LogP contribution in [0.25, 0.3) is 0 Å². The molecule has 0 unspecified atom stereocenters. The number of anilines is 2. The van der Waals surface area contributed by atoms with Gasteiger partial charge in [-0.1, -0.05) is 12.1 Å². The first kappa shape index (κ1) is 14.5. The molecule has 5 N–H and O–H groups in total. The smallest absolute Gasteiger partial charge is 0.251 e. The first-order valence-electron chi connectivity index (χ1n) is 6.19. The number of carbonyl (C=O) groups excluding carboxylic acids is 2. The number of amides is 2. The molecule has 21 heavy (non-hydrogen) atoms. The van der Waals surface area contributed by atoms with E-state index in [1.807, 2.05) is 0 Å².